The molecule has 2 nitrogen and oxygen atoms in total. The van der Waals surface area contributed by atoms with Crippen molar-refractivity contribution in [1.29, 1.82) is 0 Å². The molecule has 2 aromatic rings. The van der Waals surface area contributed by atoms with Crippen LogP contribution in [0.4, 0.5) is 0 Å². The molecule has 4 heteroatoms. The Morgan fingerprint density at radius 2 is 2.08 bits per heavy atom. The van der Waals surface area contributed by atoms with Crippen molar-refractivity contribution in [1.82, 2.24) is 0 Å². The van der Waals surface area contributed by atoms with Crippen molar-refractivity contribution in [2.75, 3.05) is 12.4 Å². The fourth-order valence-electron chi connectivity index (χ4n) is 2.88. The minimum absolute atomic E-state index is 0.148. The molecule has 2 aromatic carbocycles. The molecule has 0 saturated heterocycles. The average Bonchev–Trinajstić information content (AvgIpc) is 3.04. The summed E-state index contributed by atoms with van der Waals surface area (Å²) in [7, 11) is 0. The van der Waals surface area contributed by atoms with Crippen LogP contribution in [0.25, 0.3) is 17.2 Å². The van der Waals surface area contributed by atoms with E-state index in [1.165, 1.54) is 11.1 Å². The number of hydrogen-bond acceptors (Lipinski definition) is 3. The number of hydrogen-bond donors (Lipinski definition) is 0. The number of carbonyl (C=O) groups is 1. The first kappa shape index (κ1) is 17.1. The molecule has 0 radical (unpaired) electrons. The summed E-state index contributed by atoms with van der Waals surface area (Å²) in [5.41, 5.74) is 4.76. The van der Waals surface area contributed by atoms with Gasteiger partial charge in [0.1, 0.15) is 0 Å². The molecular formula is C20H19ClO2S. The molecule has 3 rings (SSSR count). The standard InChI is InChI=1S/C20H19ClO2S/c1-2-23-19(22)12-13-24-18-9-4-3-7-16(18)20-15-8-5-6-14(15)10-11-17(20)21/h3-7,9-11H,2,8,12-13H2,1H3. The van der Waals surface area contributed by atoms with Crippen LogP contribution in [0.3, 0.4) is 0 Å². The van der Waals surface area contributed by atoms with E-state index in [0.717, 1.165) is 27.5 Å². The minimum atomic E-state index is -0.148. The third-order valence-corrected chi connectivity index (χ3v) is 5.33. The average molecular weight is 359 g/mol. The van der Waals surface area contributed by atoms with Crippen LogP contribution in [0.1, 0.15) is 24.5 Å². The molecule has 0 unspecified atom stereocenters. The Morgan fingerprint density at radius 1 is 1.25 bits per heavy atom. The third kappa shape index (κ3) is 3.68. The molecule has 0 spiro atoms. The zero-order chi connectivity index (χ0) is 16.9. The summed E-state index contributed by atoms with van der Waals surface area (Å²) in [6, 6.07) is 12.3. The molecule has 0 fully saturated rings. The molecule has 0 saturated carbocycles. The van der Waals surface area contributed by atoms with Crippen LogP contribution in [0, 0.1) is 0 Å². The van der Waals surface area contributed by atoms with E-state index in [0.29, 0.717) is 18.8 Å². The second-order valence-corrected chi connectivity index (χ2v) is 7.04. The van der Waals surface area contributed by atoms with Crippen molar-refractivity contribution in [2.45, 2.75) is 24.7 Å². The largest absolute Gasteiger partial charge is 0.466 e. The minimum Gasteiger partial charge on any atom is -0.466 e. The molecule has 0 bridgehead atoms. The fraction of sp³-hybridized carbons (Fsp3) is 0.250. The monoisotopic (exact) mass is 358 g/mol. The van der Waals surface area contributed by atoms with Gasteiger partial charge in [0.25, 0.3) is 0 Å². The summed E-state index contributed by atoms with van der Waals surface area (Å²) >= 11 is 8.20. The molecule has 0 atom stereocenters. The SMILES string of the molecule is CCOC(=O)CCSc1ccccc1-c1c(Cl)ccc2c1CC=C2. The highest BCUT2D eigenvalue weighted by Gasteiger charge is 2.17. The van der Waals surface area contributed by atoms with Crippen LogP contribution < -0.4 is 0 Å². The molecule has 1 aliphatic carbocycles. The number of ether oxygens (including phenoxy) is 1. The molecular weight excluding hydrogens is 340 g/mol. The Kier molecular flexibility index (Phi) is 5.64. The number of esters is 1. The van der Waals surface area contributed by atoms with Gasteiger partial charge in [-0.2, -0.15) is 0 Å². The van der Waals surface area contributed by atoms with E-state index in [-0.39, 0.29) is 5.97 Å². The van der Waals surface area contributed by atoms with Crippen molar-refractivity contribution in [3.8, 4) is 11.1 Å². The van der Waals surface area contributed by atoms with Gasteiger partial charge >= 0.3 is 5.97 Å². The molecule has 0 N–H and O–H groups in total. The lowest BCUT2D eigenvalue weighted by molar-refractivity contribution is -0.142. The normalized spacial score (nSPS) is 12.2. The van der Waals surface area contributed by atoms with Gasteiger partial charge in [-0.15, -0.1) is 11.8 Å². The second kappa shape index (κ2) is 7.91. The molecule has 124 valence electrons. The van der Waals surface area contributed by atoms with Gasteiger partial charge in [-0.3, -0.25) is 4.79 Å². The number of rotatable bonds is 6. The Bertz CT molecular complexity index is 783. The van der Waals surface area contributed by atoms with Crippen LogP contribution in [-0.4, -0.2) is 18.3 Å². The van der Waals surface area contributed by atoms with Crippen molar-refractivity contribution in [2.24, 2.45) is 0 Å². The summed E-state index contributed by atoms with van der Waals surface area (Å²) in [4.78, 5) is 12.7. The Hall–Kier alpha value is -1.71. The summed E-state index contributed by atoms with van der Waals surface area (Å²) < 4.78 is 4.99. The van der Waals surface area contributed by atoms with E-state index in [1.807, 2.05) is 25.1 Å². The first-order chi connectivity index (χ1) is 11.7. The number of benzene rings is 2. The van der Waals surface area contributed by atoms with Crippen LogP contribution in [0.5, 0.6) is 0 Å². The van der Waals surface area contributed by atoms with Gasteiger partial charge in [-0.25, -0.2) is 0 Å². The van der Waals surface area contributed by atoms with Crippen LogP contribution in [0.15, 0.2) is 47.4 Å². The van der Waals surface area contributed by atoms with Gasteiger partial charge in [0.05, 0.1) is 13.0 Å². The fourth-order valence-corrected chi connectivity index (χ4v) is 4.15. The zero-order valence-corrected chi connectivity index (χ0v) is 15.1. The lowest BCUT2D eigenvalue weighted by atomic mass is 9.96. The number of halogens is 1. The van der Waals surface area contributed by atoms with E-state index in [9.17, 15) is 4.79 Å². The summed E-state index contributed by atoms with van der Waals surface area (Å²) in [5.74, 6) is 0.547. The molecule has 0 amide bonds. The van der Waals surface area contributed by atoms with Gasteiger partial charge in [0.15, 0.2) is 0 Å². The smallest absolute Gasteiger partial charge is 0.306 e. The van der Waals surface area contributed by atoms with E-state index >= 15 is 0 Å². The van der Waals surface area contributed by atoms with Gasteiger partial charge in [-0.1, -0.05) is 48.0 Å². The predicted octanol–water partition coefficient (Wildman–Crippen LogP) is 5.62. The highest BCUT2D eigenvalue weighted by atomic mass is 35.5. The van der Waals surface area contributed by atoms with Gasteiger partial charge < -0.3 is 4.74 Å². The maximum atomic E-state index is 11.5. The highest BCUT2D eigenvalue weighted by molar-refractivity contribution is 7.99. The maximum Gasteiger partial charge on any atom is 0.306 e. The third-order valence-electron chi connectivity index (χ3n) is 3.94. The number of thioether (sulfide) groups is 1. The molecule has 0 heterocycles. The Labute approximate surface area is 151 Å². The van der Waals surface area contributed by atoms with Crippen molar-refractivity contribution < 1.29 is 9.53 Å². The lowest BCUT2D eigenvalue weighted by Crippen LogP contribution is -2.04. The van der Waals surface area contributed by atoms with E-state index in [4.69, 9.17) is 16.3 Å². The highest BCUT2D eigenvalue weighted by Crippen LogP contribution is 2.41. The quantitative estimate of drug-likeness (QED) is 0.495. The summed E-state index contributed by atoms with van der Waals surface area (Å²) in [5, 5.41) is 0.774. The molecule has 1 aliphatic rings. The zero-order valence-electron chi connectivity index (χ0n) is 13.5. The first-order valence-corrected chi connectivity index (χ1v) is 9.42. The summed E-state index contributed by atoms with van der Waals surface area (Å²) in [6.45, 7) is 2.26. The van der Waals surface area contributed by atoms with Crippen molar-refractivity contribution in [3.05, 3.63) is 58.6 Å². The van der Waals surface area contributed by atoms with E-state index in [1.54, 1.807) is 11.8 Å². The maximum absolute atomic E-state index is 11.5. The van der Waals surface area contributed by atoms with E-state index < -0.39 is 0 Å². The van der Waals surface area contributed by atoms with Gasteiger partial charge in [0.2, 0.25) is 0 Å². The van der Waals surface area contributed by atoms with Crippen molar-refractivity contribution in [3.63, 3.8) is 0 Å². The second-order valence-electron chi connectivity index (χ2n) is 5.50. The molecule has 0 aromatic heterocycles. The van der Waals surface area contributed by atoms with Gasteiger partial charge in [-0.05, 0) is 42.2 Å². The topological polar surface area (TPSA) is 26.3 Å². The Morgan fingerprint density at radius 3 is 2.92 bits per heavy atom. The number of fused-ring (bicyclic) bond motifs is 1. The van der Waals surface area contributed by atoms with Crippen LogP contribution in [0.2, 0.25) is 5.02 Å². The number of allylic oxidation sites excluding steroid dienone is 1. The van der Waals surface area contributed by atoms with Crippen LogP contribution >= 0.6 is 23.4 Å². The number of carbonyl (C=O) groups excluding carboxylic acids is 1. The van der Waals surface area contributed by atoms with Gasteiger partial charge in [0, 0.05) is 21.2 Å². The lowest BCUT2D eigenvalue weighted by Gasteiger charge is -2.15. The molecule has 0 aliphatic heterocycles. The molecule has 24 heavy (non-hydrogen) atoms. The van der Waals surface area contributed by atoms with E-state index in [2.05, 4.69) is 30.4 Å². The summed E-state index contributed by atoms with van der Waals surface area (Å²) in [6.07, 6.45) is 5.63. The first-order valence-electron chi connectivity index (χ1n) is 8.06. The predicted molar refractivity (Wildman–Crippen MR) is 102 cm³/mol. The Balaban J connectivity index is 1.86. The van der Waals surface area contributed by atoms with Crippen LogP contribution in [-0.2, 0) is 16.0 Å². The van der Waals surface area contributed by atoms with Crippen molar-refractivity contribution >= 4 is 35.4 Å².